The maximum atomic E-state index is 11.8. The number of imide groups is 1. The van der Waals surface area contributed by atoms with Gasteiger partial charge in [-0.3, -0.25) is 14.9 Å². The number of nitrogens with one attached hydrogen (secondary N) is 1. The van der Waals surface area contributed by atoms with Gasteiger partial charge in [-0.2, -0.15) is 0 Å². The fraction of sp³-hybridized carbons (Fsp3) is 0.429. The molecule has 2 rings (SSSR count). The Morgan fingerprint density at radius 2 is 2.11 bits per heavy atom. The first-order valence-corrected chi connectivity index (χ1v) is 6.92. The van der Waals surface area contributed by atoms with E-state index in [9.17, 15) is 9.59 Å². The van der Waals surface area contributed by atoms with Gasteiger partial charge < -0.3 is 0 Å². The highest BCUT2D eigenvalue weighted by Gasteiger charge is 2.35. The van der Waals surface area contributed by atoms with E-state index >= 15 is 0 Å². The number of benzene rings is 1. The van der Waals surface area contributed by atoms with Crippen LogP contribution in [0.4, 0.5) is 0 Å². The second kappa shape index (κ2) is 5.22. The Labute approximate surface area is 115 Å². The van der Waals surface area contributed by atoms with Crippen molar-refractivity contribution in [3.8, 4) is 0 Å². The molecule has 2 amide bonds. The molecule has 96 valence electrons. The summed E-state index contributed by atoms with van der Waals surface area (Å²) in [5.74, 6) is -0.416. The molecule has 2 atom stereocenters. The Morgan fingerprint density at radius 3 is 2.72 bits per heavy atom. The molecular formula is C14H16BrNO2. The van der Waals surface area contributed by atoms with E-state index in [4.69, 9.17) is 0 Å². The van der Waals surface area contributed by atoms with Crippen molar-refractivity contribution in [3.05, 3.63) is 33.8 Å². The largest absolute Gasteiger partial charge is 0.296 e. The molecule has 1 aromatic carbocycles. The summed E-state index contributed by atoms with van der Waals surface area (Å²) >= 11 is 3.46. The van der Waals surface area contributed by atoms with Crippen LogP contribution in [0, 0.1) is 12.8 Å². The van der Waals surface area contributed by atoms with Gasteiger partial charge in [0.1, 0.15) is 0 Å². The van der Waals surface area contributed by atoms with E-state index in [1.165, 1.54) is 0 Å². The molecule has 4 heteroatoms. The Kier molecular flexibility index (Phi) is 3.85. The SMILES string of the molecule is CCC1C(=O)NC(=O)CC1c1ccc(Br)c(C)c1. The maximum Gasteiger partial charge on any atom is 0.230 e. The van der Waals surface area contributed by atoms with Gasteiger partial charge in [-0.25, -0.2) is 0 Å². The third-order valence-electron chi connectivity index (χ3n) is 3.54. The minimum absolute atomic E-state index is 0.00282. The number of hydrogen-bond acceptors (Lipinski definition) is 2. The molecule has 3 nitrogen and oxygen atoms in total. The van der Waals surface area contributed by atoms with Crippen molar-refractivity contribution in [1.29, 1.82) is 0 Å². The number of halogens is 1. The minimum Gasteiger partial charge on any atom is -0.296 e. The van der Waals surface area contributed by atoms with Crippen LogP contribution in [0.15, 0.2) is 22.7 Å². The van der Waals surface area contributed by atoms with Crippen LogP contribution in [0.1, 0.15) is 36.8 Å². The number of carbonyl (C=O) groups is 2. The molecule has 1 aliphatic heterocycles. The zero-order chi connectivity index (χ0) is 13.3. The number of amides is 2. The van der Waals surface area contributed by atoms with Crippen LogP contribution in [0.3, 0.4) is 0 Å². The highest BCUT2D eigenvalue weighted by molar-refractivity contribution is 9.10. The lowest BCUT2D eigenvalue weighted by Crippen LogP contribution is -2.44. The van der Waals surface area contributed by atoms with Gasteiger partial charge in [-0.1, -0.05) is 35.0 Å². The molecule has 2 unspecified atom stereocenters. The second-order valence-corrected chi connectivity index (χ2v) is 5.60. The van der Waals surface area contributed by atoms with Gasteiger partial charge in [0.05, 0.1) is 0 Å². The Hall–Kier alpha value is -1.16. The monoisotopic (exact) mass is 309 g/mol. The third-order valence-corrected chi connectivity index (χ3v) is 4.43. The molecule has 1 aliphatic rings. The van der Waals surface area contributed by atoms with E-state index in [0.29, 0.717) is 6.42 Å². The average molecular weight is 310 g/mol. The molecule has 1 heterocycles. The van der Waals surface area contributed by atoms with Gasteiger partial charge in [0, 0.05) is 22.7 Å². The van der Waals surface area contributed by atoms with Crippen molar-refractivity contribution in [2.45, 2.75) is 32.6 Å². The summed E-state index contributed by atoms with van der Waals surface area (Å²) in [6, 6.07) is 6.04. The summed E-state index contributed by atoms with van der Waals surface area (Å²) < 4.78 is 1.05. The quantitative estimate of drug-likeness (QED) is 0.854. The van der Waals surface area contributed by atoms with E-state index in [1.807, 2.05) is 26.0 Å². The van der Waals surface area contributed by atoms with Crippen LogP contribution in [0.2, 0.25) is 0 Å². The van der Waals surface area contributed by atoms with Gasteiger partial charge in [-0.15, -0.1) is 0 Å². The predicted molar refractivity (Wildman–Crippen MR) is 73.2 cm³/mol. The molecule has 0 spiro atoms. The van der Waals surface area contributed by atoms with Crippen LogP contribution in [0.5, 0.6) is 0 Å². The molecule has 0 saturated carbocycles. The van der Waals surface area contributed by atoms with Gasteiger partial charge in [-0.05, 0) is 30.5 Å². The molecule has 0 aliphatic carbocycles. The van der Waals surface area contributed by atoms with E-state index in [2.05, 4.69) is 27.3 Å². The van der Waals surface area contributed by atoms with Crippen LogP contribution >= 0.6 is 15.9 Å². The topological polar surface area (TPSA) is 46.2 Å². The van der Waals surface area contributed by atoms with Crippen molar-refractivity contribution in [3.63, 3.8) is 0 Å². The number of aryl methyl sites for hydroxylation is 1. The average Bonchev–Trinajstić information content (AvgIpc) is 2.32. The third kappa shape index (κ3) is 2.48. The van der Waals surface area contributed by atoms with E-state index < -0.39 is 0 Å². The van der Waals surface area contributed by atoms with Crippen molar-refractivity contribution < 1.29 is 9.59 Å². The molecule has 1 N–H and O–H groups in total. The molecular weight excluding hydrogens is 294 g/mol. The van der Waals surface area contributed by atoms with Crippen molar-refractivity contribution in [2.24, 2.45) is 5.92 Å². The van der Waals surface area contributed by atoms with Crippen LogP contribution in [-0.2, 0) is 9.59 Å². The lowest BCUT2D eigenvalue weighted by molar-refractivity contribution is -0.137. The van der Waals surface area contributed by atoms with Crippen LogP contribution in [-0.4, -0.2) is 11.8 Å². The van der Waals surface area contributed by atoms with E-state index in [0.717, 1.165) is 22.0 Å². The molecule has 0 aromatic heterocycles. The molecule has 18 heavy (non-hydrogen) atoms. The van der Waals surface area contributed by atoms with E-state index in [-0.39, 0.29) is 23.7 Å². The van der Waals surface area contributed by atoms with Gasteiger partial charge in [0.15, 0.2) is 0 Å². The van der Waals surface area contributed by atoms with Crippen molar-refractivity contribution >= 4 is 27.7 Å². The standard InChI is InChI=1S/C14H16BrNO2/c1-3-10-11(7-13(17)16-14(10)18)9-4-5-12(15)8(2)6-9/h4-6,10-11H,3,7H2,1-2H3,(H,16,17,18). The zero-order valence-electron chi connectivity index (χ0n) is 10.5. The van der Waals surface area contributed by atoms with Crippen LogP contribution < -0.4 is 5.32 Å². The Balaban J connectivity index is 2.36. The number of piperidine rings is 1. The Bertz CT molecular complexity index is 499. The lowest BCUT2D eigenvalue weighted by atomic mass is 9.78. The zero-order valence-corrected chi connectivity index (χ0v) is 12.1. The summed E-state index contributed by atoms with van der Waals surface area (Å²) in [5, 5.41) is 2.42. The van der Waals surface area contributed by atoms with Crippen LogP contribution in [0.25, 0.3) is 0 Å². The summed E-state index contributed by atoms with van der Waals surface area (Å²) in [4.78, 5) is 23.4. The molecule has 0 bridgehead atoms. The first kappa shape index (κ1) is 13.3. The first-order valence-electron chi connectivity index (χ1n) is 6.12. The van der Waals surface area contributed by atoms with Gasteiger partial charge in [0.2, 0.25) is 11.8 Å². The highest BCUT2D eigenvalue weighted by Crippen LogP contribution is 2.34. The number of hydrogen-bond donors (Lipinski definition) is 1. The molecule has 0 radical (unpaired) electrons. The minimum atomic E-state index is -0.171. The summed E-state index contributed by atoms with van der Waals surface area (Å²) in [5.41, 5.74) is 2.20. The maximum absolute atomic E-state index is 11.8. The molecule has 1 fully saturated rings. The van der Waals surface area contributed by atoms with Gasteiger partial charge >= 0.3 is 0 Å². The smallest absolute Gasteiger partial charge is 0.230 e. The Morgan fingerprint density at radius 1 is 1.39 bits per heavy atom. The predicted octanol–water partition coefficient (Wildman–Crippen LogP) is 2.91. The van der Waals surface area contributed by atoms with Crippen molar-refractivity contribution in [1.82, 2.24) is 5.32 Å². The summed E-state index contributed by atoms with van der Waals surface area (Å²) in [6.07, 6.45) is 1.14. The summed E-state index contributed by atoms with van der Waals surface area (Å²) in [6.45, 7) is 4.00. The normalized spacial score (nSPS) is 23.9. The first-order chi connectivity index (χ1) is 8.52. The van der Waals surface area contributed by atoms with E-state index in [1.54, 1.807) is 0 Å². The number of carbonyl (C=O) groups excluding carboxylic acids is 2. The van der Waals surface area contributed by atoms with Gasteiger partial charge in [0.25, 0.3) is 0 Å². The highest BCUT2D eigenvalue weighted by atomic mass is 79.9. The number of rotatable bonds is 2. The fourth-order valence-electron chi connectivity index (χ4n) is 2.52. The van der Waals surface area contributed by atoms with Crippen molar-refractivity contribution in [2.75, 3.05) is 0 Å². The lowest BCUT2D eigenvalue weighted by Gasteiger charge is -2.29. The molecule has 1 aromatic rings. The fourth-order valence-corrected chi connectivity index (χ4v) is 2.77. The molecule has 1 saturated heterocycles. The second-order valence-electron chi connectivity index (χ2n) is 4.75. The summed E-state index contributed by atoms with van der Waals surface area (Å²) in [7, 11) is 0.